The van der Waals surface area contributed by atoms with Gasteiger partial charge in [0.15, 0.2) is 0 Å². The lowest BCUT2D eigenvalue weighted by Crippen LogP contribution is -2.07. The second kappa shape index (κ2) is 6.99. The number of carbonyl (C=O) groups excluding carboxylic acids is 1. The molecule has 30 heavy (non-hydrogen) atoms. The molecule has 0 heterocycles. The van der Waals surface area contributed by atoms with E-state index in [-0.39, 0.29) is 5.97 Å². The maximum Gasteiger partial charge on any atom is 0.338 e. The van der Waals surface area contributed by atoms with Crippen molar-refractivity contribution in [2.75, 3.05) is 6.61 Å². The first kappa shape index (κ1) is 18.4. The Morgan fingerprint density at radius 3 is 1.80 bits per heavy atom. The lowest BCUT2D eigenvalue weighted by atomic mass is 9.87. The number of esters is 1. The third-order valence-corrected chi connectivity index (χ3v) is 5.84. The van der Waals surface area contributed by atoms with E-state index in [9.17, 15) is 14.7 Å². The highest BCUT2D eigenvalue weighted by molar-refractivity contribution is 6.35. The van der Waals surface area contributed by atoms with Crippen LogP contribution in [-0.2, 0) is 4.74 Å². The minimum Gasteiger partial charge on any atom is -0.478 e. The van der Waals surface area contributed by atoms with E-state index in [2.05, 4.69) is 6.92 Å². The molecular weight excluding hydrogens is 376 g/mol. The normalized spacial score (nSPS) is 11.6. The van der Waals surface area contributed by atoms with Crippen molar-refractivity contribution in [3.63, 3.8) is 0 Å². The molecule has 0 spiro atoms. The summed E-state index contributed by atoms with van der Waals surface area (Å²) in [6.45, 7) is 2.47. The topological polar surface area (TPSA) is 63.6 Å². The molecule has 0 saturated heterocycles. The monoisotopic (exact) mass is 396 g/mol. The highest BCUT2D eigenvalue weighted by atomic mass is 16.5. The Hall–Kier alpha value is -3.66. The predicted octanol–water partition coefficient (Wildman–Crippen LogP) is 6.39. The Kier molecular flexibility index (Phi) is 4.28. The second-order valence-electron chi connectivity index (χ2n) is 7.57. The number of hydrogen-bond acceptors (Lipinski definition) is 3. The summed E-state index contributed by atoms with van der Waals surface area (Å²) in [5, 5.41) is 17.2. The van der Waals surface area contributed by atoms with Gasteiger partial charge in [-0.05, 0) is 61.6 Å². The smallest absolute Gasteiger partial charge is 0.338 e. The summed E-state index contributed by atoms with van der Waals surface area (Å²) in [6, 6.07) is 19.0. The molecular formula is C26H20O4. The summed E-state index contributed by atoms with van der Waals surface area (Å²) in [5.74, 6) is -1.25. The van der Waals surface area contributed by atoms with Crippen LogP contribution in [0.25, 0.3) is 43.1 Å². The van der Waals surface area contributed by atoms with Gasteiger partial charge in [-0.1, -0.05) is 61.9 Å². The zero-order valence-corrected chi connectivity index (χ0v) is 16.6. The molecule has 5 aromatic carbocycles. The van der Waals surface area contributed by atoms with Crippen LogP contribution in [0.4, 0.5) is 0 Å². The number of unbranched alkanes of at least 4 members (excludes halogenated alkanes) is 1. The molecule has 0 unspecified atom stereocenters. The van der Waals surface area contributed by atoms with E-state index < -0.39 is 5.97 Å². The minimum atomic E-state index is -0.937. The molecule has 0 amide bonds. The number of carboxylic acid groups (broad SMARTS) is 1. The van der Waals surface area contributed by atoms with E-state index in [1.807, 2.05) is 54.6 Å². The number of hydrogen-bond donors (Lipinski definition) is 1. The fourth-order valence-electron chi connectivity index (χ4n) is 4.46. The average Bonchev–Trinajstić information content (AvgIpc) is 2.76. The van der Waals surface area contributed by atoms with Gasteiger partial charge in [-0.2, -0.15) is 0 Å². The zero-order chi connectivity index (χ0) is 20.8. The van der Waals surface area contributed by atoms with Crippen LogP contribution >= 0.6 is 0 Å². The van der Waals surface area contributed by atoms with Crippen LogP contribution in [0.15, 0.2) is 60.7 Å². The predicted molar refractivity (Wildman–Crippen MR) is 120 cm³/mol. The first-order valence-corrected chi connectivity index (χ1v) is 10.1. The molecule has 4 nitrogen and oxygen atoms in total. The van der Waals surface area contributed by atoms with E-state index in [4.69, 9.17) is 4.74 Å². The highest BCUT2D eigenvalue weighted by Crippen LogP contribution is 2.41. The summed E-state index contributed by atoms with van der Waals surface area (Å²) in [7, 11) is 0. The van der Waals surface area contributed by atoms with Crippen LogP contribution in [0.3, 0.4) is 0 Å². The summed E-state index contributed by atoms with van der Waals surface area (Å²) >= 11 is 0. The summed E-state index contributed by atoms with van der Waals surface area (Å²) in [4.78, 5) is 24.5. The van der Waals surface area contributed by atoms with Crippen LogP contribution in [0, 0.1) is 0 Å². The van der Waals surface area contributed by atoms with Crippen molar-refractivity contribution in [3.8, 4) is 0 Å². The lowest BCUT2D eigenvalue weighted by Gasteiger charge is -2.16. The molecule has 0 fully saturated rings. The van der Waals surface area contributed by atoms with E-state index in [0.29, 0.717) is 17.7 Å². The van der Waals surface area contributed by atoms with E-state index in [0.717, 1.165) is 55.9 Å². The molecule has 0 aliphatic carbocycles. The third kappa shape index (κ3) is 2.61. The van der Waals surface area contributed by atoms with E-state index in [1.165, 1.54) is 0 Å². The molecule has 0 bridgehead atoms. The van der Waals surface area contributed by atoms with Gasteiger partial charge in [-0.15, -0.1) is 0 Å². The van der Waals surface area contributed by atoms with Gasteiger partial charge in [0.2, 0.25) is 0 Å². The quantitative estimate of drug-likeness (QED) is 0.162. The van der Waals surface area contributed by atoms with Gasteiger partial charge in [-0.25, -0.2) is 9.59 Å². The van der Waals surface area contributed by atoms with Crippen LogP contribution in [-0.4, -0.2) is 23.7 Å². The number of carboxylic acids is 1. The SMILES string of the molecule is CCCCOC(=O)c1ccc2c3cccc4c(C(=O)O)ccc(c5cccc1c52)c43. The highest BCUT2D eigenvalue weighted by Gasteiger charge is 2.19. The number of carbonyl (C=O) groups is 2. The zero-order valence-electron chi connectivity index (χ0n) is 16.6. The van der Waals surface area contributed by atoms with Gasteiger partial charge in [-0.3, -0.25) is 0 Å². The van der Waals surface area contributed by atoms with E-state index >= 15 is 0 Å². The molecule has 1 N–H and O–H groups in total. The van der Waals surface area contributed by atoms with Crippen molar-refractivity contribution < 1.29 is 19.4 Å². The van der Waals surface area contributed by atoms with Crippen LogP contribution in [0.5, 0.6) is 0 Å². The summed E-state index contributed by atoms with van der Waals surface area (Å²) in [5.41, 5.74) is 0.854. The molecule has 5 rings (SSSR count). The molecule has 0 aliphatic rings. The van der Waals surface area contributed by atoms with Crippen molar-refractivity contribution in [1.82, 2.24) is 0 Å². The van der Waals surface area contributed by atoms with Gasteiger partial charge >= 0.3 is 11.9 Å². The van der Waals surface area contributed by atoms with Gasteiger partial charge in [0.05, 0.1) is 17.7 Å². The average molecular weight is 396 g/mol. The lowest BCUT2D eigenvalue weighted by molar-refractivity contribution is 0.0501. The van der Waals surface area contributed by atoms with Crippen molar-refractivity contribution >= 4 is 55.0 Å². The third-order valence-electron chi connectivity index (χ3n) is 5.84. The largest absolute Gasteiger partial charge is 0.478 e. The summed E-state index contributed by atoms with van der Waals surface area (Å²) < 4.78 is 5.47. The maximum absolute atomic E-state index is 12.7. The number of ether oxygens (including phenoxy) is 1. The Morgan fingerprint density at radius 1 is 0.733 bits per heavy atom. The standard InChI is InChI=1S/C26H20O4/c1-2-3-14-30-26(29)22-13-11-20-15-6-4-8-17-21(25(27)28)12-10-19(23(15)17)16-7-5-9-18(22)24(16)20/h4-13H,2-3,14H2,1H3,(H,27,28). The molecule has 0 aliphatic heterocycles. The fraction of sp³-hybridized carbons (Fsp3) is 0.154. The van der Waals surface area contributed by atoms with Crippen molar-refractivity contribution in [2.24, 2.45) is 0 Å². The Labute approximate surface area is 173 Å². The molecule has 5 aromatic rings. The minimum absolute atomic E-state index is 0.294. The molecule has 0 atom stereocenters. The van der Waals surface area contributed by atoms with Crippen molar-refractivity contribution in [3.05, 3.63) is 71.8 Å². The van der Waals surface area contributed by atoms with Gasteiger partial charge < -0.3 is 9.84 Å². The molecule has 148 valence electrons. The summed E-state index contributed by atoms with van der Waals surface area (Å²) in [6.07, 6.45) is 1.81. The van der Waals surface area contributed by atoms with Crippen molar-refractivity contribution in [1.29, 1.82) is 0 Å². The number of aromatic carboxylic acids is 1. The van der Waals surface area contributed by atoms with Gasteiger partial charge in [0.25, 0.3) is 0 Å². The maximum atomic E-state index is 12.7. The Balaban J connectivity index is 1.87. The molecule has 0 saturated carbocycles. The molecule has 0 radical (unpaired) electrons. The van der Waals surface area contributed by atoms with Gasteiger partial charge in [0, 0.05) is 0 Å². The first-order valence-electron chi connectivity index (χ1n) is 10.1. The second-order valence-corrected chi connectivity index (χ2v) is 7.57. The van der Waals surface area contributed by atoms with Crippen LogP contribution in [0.2, 0.25) is 0 Å². The molecule has 0 aromatic heterocycles. The number of fused-ring (bicyclic) bond motifs is 2. The Bertz CT molecular complexity index is 1430. The number of benzene rings is 5. The molecule has 4 heteroatoms. The van der Waals surface area contributed by atoms with Gasteiger partial charge in [0.1, 0.15) is 0 Å². The van der Waals surface area contributed by atoms with E-state index in [1.54, 1.807) is 6.07 Å². The Morgan fingerprint density at radius 2 is 1.23 bits per heavy atom. The first-order chi connectivity index (χ1) is 14.6. The van der Waals surface area contributed by atoms with Crippen LogP contribution in [0.1, 0.15) is 40.5 Å². The number of rotatable bonds is 5. The van der Waals surface area contributed by atoms with Crippen molar-refractivity contribution in [2.45, 2.75) is 19.8 Å². The fourth-order valence-corrected chi connectivity index (χ4v) is 4.46. The van der Waals surface area contributed by atoms with Crippen LogP contribution < -0.4 is 0 Å².